The Balaban J connectivity index is 2.51. The molecule has 0 spiro atoms. The Hall–Kier alpha value is -1.57. The van der Waals surface area contributed by atoms with Crippen LogP contribution in [0.2, 0.25) is 0 Å². The van der Waals surface area contributed by atoms with E-state index in [2.05, 4.69) is 12.5 Å². The van der Waals surface area contributed by atoms with Gasteiger partial charge in [0.15, 0.2) is 0 Å². The molecule has 3 nitrogen and oxygen atoms in total. The molecule has 0 unspecified atom stereocenters. The van der Waals surface area contributed by atoms with Crippen LogP contribution in [-0.4, -0.2) is 24.8 Å². The van der Waals surface area contributed by atoms with Crippen molar-refractivity contribution in [1.82, 2.24) is 4.31 Å². The van der Waals surface area contributed by atoms with E-state index in [1.54, 1.807) is 12.1 Å². The molecule has 1 aromatic rings. The molecule has 0 aliphatic heterocycles. The van der Waals surface area contributed by atoms with Crippen molar-refractivity contribution in [2.75, 3.05) is 6.54 Å². The van der Waals surface area contributed by atoms with E-state index in [0.717, 1.165) is 30.4 Å². The van der Waals surface area contributed by atoms with Gasteiger partial charge in [0.2, 0.25) is 10.0 Å². The fraction of sp³-hybridized carbons (Fsp3) is 0.474. The largest absolute Gasteiger partial charge is 0.244 e. The molecule has 124 valence electrons. The maximum Gasteiger partial charge on any atom is 0.244 e. The van der Waals surface area contributed by atoms with E-state index in [-0.39, 0.29) is 6.54 Å². The van der Waals surface area contributed by atoms with Gasteiger partial charge >= 0.3 is 0 Å². The van der Waals surface area contributed by atoms with Gasteiger partial charge in [0.25, 0.3) is 0 Å². The van der Waals surface area contributed by atoms with Crippen LogP contribution in [0.5, 0.6) is 0 Å². The molecule has 0 bridgehead atoms. The third-order valence-corrected chi connectivity index (χ3v) is 6.38. The molecule has 1 saturated carbocycles. The summed E-state index contributed by atoms with van der Waals surface area (Å²) >= 11 is 0. The molecular formula is C19H25NO2S. The minimum Gasteiger partial charge on any atom is -0.207 e. The second-order valence-corrected chi connectivity index (χ2v) is 8.38. The summed E-state index contributed by atoms with van der Waals surface area (Å²) in [5, 5.41) is 0. The zero-order valence-corrected chi connectivity index (χ0v) is 14.8. The van der Waals surface area contributed by atoms with Crippen molar-refractivity contribution in [3.63, 3.8) is 0 Å². The Morgan fingerprint density at radius 1 is 1.26 bits per heavy atom. The zero-order valence-electron chi connectivity index (χ0n) is 14.0. The van der Waals surface area contributed by atoms with Crippen LogP contribution in [0, 0.1) is 19.3 Å². The van der Waals surface area contributed by atoms with Crippen LogP contribution in [0.15, 0.2) is 41.3 Å². The lowest BCUT2D eigenvalue weighted by Gasteiger charge is -2.42. The molecule has 1 aliphatic rings. The first-order chi connectivity index (χ1) is 10.8. The Morgan fingerprint density at radius 2 is 1.83 bits per heavy atom. The molecular weight excluding hydrogens is 306 g/mol. The van der Waals surface area contributed by atoms with Gasteiger partial charge in [-0.3, -0.25) is 0 Å². The molecule has 1 aromatic carbocycles. The SMILES string of the molecule is C#CC1(N(CC(=C)C)S(=O)(=O)c2ccc(C)cc2)CCCCC1. The zero-order chi connectivity index (χ0) is 17.1. The quantitative estimate of drug-likeness (QED) is 0.606. The van der Waals surface area contributed by atoms with Crippen molar-refractivity contribution in [2.45, 2.75) is 56.4 Å². The van der Waals surface area contributed by atoms with Gasteiger partial charge in [-0.25, -0.2) is 8.42 Å². The predicted octanol–water partition coefficient (Wildman–Crippen LogP) is 3.90. The second-order valence-electron chi connectivity index (χ2n) is 6.52. The monoisotopic (exact) mass is 331 g/mol. The van der Waals surface area contributed by atoms with E-state index in [0.29, 0.717) is 17.7 Å². The van der Waals surface area contributed by atoms with Crippen LogP contribution in [0.25, 0.3) is 0 Å². The van der Waals surface area contributed by atoms with Crippen molar-refractivity contribution in [3.05, 3.63) is 42.0 Å². The van der Waals surface area contributed by atoms with Crippen LogP contribution in [0.3, 0.4) is 0 Å². The van der Waals surface area contributed by atoms with E-state index < -0.39 is 15.6 Å². The number of rotatable bonds is 5. The number of terminal acetylenes is 1. The third-order valence-electron chi connectivity index (χ3n) is 4.45. The van der Waals surface area contributed by atoms with Gasteiger partial charge in [-0.2, -0.15) is 4.31 Å². The highest BCUT2D eigenvalue weighted by Gasteiger charge is 2.43. The van der Waals surface area contributed by atoms with Crippen LogP contribution in [0.4, 0.5) is 0 Å². The second kappa shape index (κ2) is 6.90. The van der Waals surface area contributed by atoms with Gasteiger partial charge in [0.05, 0.1) is 10.4 Å². The Morgan fingerprint density at radius 3 is 2.30 bits per heavy atom. The summed E-state index contributed by atoms with van der Waals surface area (Å²) < 4.78 is 28.0. The van der Waals surface area contributed by atoms with Crippen molar-refractivity contribution in [2.24, 2.45) is 0 Å². The number of aryl methyl sites for hydroxylation is 1. The number of benzene rings is 1. The van der Waals surface area contributed by atoms with Gasteiger partial charge < -0.3 is 0 Å². The van der Waals surface area contributed by atoms with Crippen molar-refractivity contribution >= 4 is 10.0 Å². The number of hydrogen-bond donors (Lipinski definition) is 0. The third kappa shape index (κ3) is 3.68. The topological polar surface area (TPSA) is 37.4 Å². The van der Waals surface area contributed by atoms with Crippen LogP contribution < -0.4 is 0 Å². The summed E-state index contributed by atoms with van der Waals surface area (Å²) in [6.45, 7) is 7.94. The molecule has 0 saturated heterocycles. The van der Waals surface area contributed by atoms with Crippen molar-refractivity contribution in [3.8, 4) is 12.3 Å². The molecule has 1 aliphatic carbocycles. The van der Waals surface area contributed by atoms with Crippen molar-refractivity contribution < 1.29 is 8.42 Å². The Bertz CT molecular complexity index is 705. The summed E-state index contributed by atoms with van der Waals surface area (Å²) in [5.74, 6) is 2.82. The average Bonchev–Trinajstić information content (AvgIpc) is 2.53. The highest BCUT2D eigenvalue weighted by molar-refractivity contribution is 7.89. The number of sulfonamides is 1. The minimum absolute atomic E-state index is 0.264. The van der Waals surface area contributed by atoms with E-state index in [9.17, 15) is 8.42 Å². The predicted molar refractivity (Wildman–Crippen MR) is 94.5 cm³/mol. The first-order valence-corrected chi connectivity index (χ1v) is 9.47. The Labute approximate surface area is 140 Å². The lowest BCUT2D eigenvalue weighted by molar-refractivity contribution is 0.198. The molecule has 2 rings (SSSR count). The minimum atomic E-state index is -3.65. The van der Waals surface area contributed by atoms with Crippen LogP contribution >= 0.6 is 0 Å². The summed E-state index contributed by atoms with van der Waals surface area (Å²) in [6, 6.07) is 6.94. The standard InChI is InChI=1S/C19H25NO2S/c1-5-19(13-7-6-8-14-19)20(15-16(2)3)23(21,22)18-11-9-17(4)10-12-18/h1,9-12H,2,6-8,13-15H2,3-4H3. The fourth-order valence-corrected chi connectivity index (χ4v) is 4.97. The van der Waals surface area contributed by atoms with Gasteiger partial charge in [-0.05, 0) is 38.8 Å². The van der Waals surface area contributed by atoms with E-state index in [1.807, 2.05) is 26.0 Å². The van der Waals surface area contributed by atoms with Crippen LogP contribution in [0.1, 0.15) is 44.6 Å². The Kier molecular flexibility index (Phi) is 5.33. The lowest BCUT2D eigenvalue weighted by atomic mass is 9.82. The fourth-order valence-electron chi connectivity index (χ4n) is 3.15. The smallest absolute Gasteiger partial charge is 0.207 e. The van der Waals surface area contributed by atoms with E-state index >= 15 is 0 Å². The molecule has 0 atom stereocenters. The maximum atomic E-state index is 13.2. The summed E-state index contributed by atoms with van der Waals surface area (Å²) in [7, 11) is -3.65. The molecule has 0 aromatic heterocycles. The molecule has 0 amide bonds. The number of nitrogens with zero attached hydrogens (tertiary/aromatic N) is 1. The van der Waals surface area contributed by atoms with E-state index in [1.165, 1.54) is 4.31 Å². The highest BCUT2D eigenvalue weighted by atomic mass is 32.2. The summed E-state index contributed by atoms with van der Waals surface area (Å²) in [4.78, 5) is 0.296. The maximum absolute atomic E-state index is 13.2. The van der Waals surface area contributed by atoms with Gasteiger partial charge in [-0.1, -0.05) is 55.0 Å². The molecule has 23 heavy (non-hydrogen) atoms. The van der Waals surface area contributed by atoms with Crippen molar-refractivity contribution in [1.29, 1.82) is 0 Å². The lowest BCUT2D eigenvalue weighted by Crippen LogP contribution is -2.52. The highest BCUT2D eigenvalue weighted by Crippen LogP contribution is 2.37. The van der Waals surface area contributed by atoms with Gasteiger partial charge in [0.1, 0.15) is 0 Å². The average molecular weight is 331 g/mol. The van der Waals surface area contributed by atoms with Gasteiger partial charge in [0, 0.05) is 6.54 Å². The molecule has 0 N–H and O–H groups in total. The molecule has 1 fully saturated rings. The number of hydrogen-bond acceptors (Lipinski definition) is 2. The van der Waals surface area contributed by atoms with Crippen LogP contribution in [-0.2, 0) is 10.0 Å². The molecule has 0 heterocycles. The normalized spacial score (nSPS) is 17.7. The molecule has 4 heteroatoms. The molecule has 0 radical (unpaired) electrons. The van der Waals surface area contributed by atoms with E-state index in [4.69, 9.17) is 6.42 Å². The first kappa shape index (κ1) is 17.8. The van der Waals surface area contributed by atoms with Gasteiger partial charge in [-0.15, -0.1) is 6.42 Å². The summed E-state index contributed by atoms with van der Waals surface area (Å²) in [5.41, 5.74) is 1.08. The summed E-state index contributed by atoms with van der Waals surface area (Å²) in [6.07, 6.45) is 10.3. The first-order valence-electron chi connectivity index (χ1n) is 8.03.